The lowest BCUT2D eigenvalue weighted by Crippen LogP contribution is -2.31. The molecular weight excluding hydrogens is 550 g/mol. The van der Waals surface area contributed by atoms with E-state index in [0.717, 1.165) is 28.1 Å². The molecule has 5 aromatic rings. The van der Waals surface area contributed by atoms with Crippen molar-refractivity contribution in [3.8, 4) is 28.4 Å². The molecule has 0 radical (unpaired) electrons. The molecule has 0 N–H and O–H groups in total. The van der Waals surface area contributed by atoms with E-state index < -0.39 is 0 Å². The zero-order valence-corrected chi connectivity index (χ0v) is 25.8. The van der Waals surface area contributed by atoms with Gasteiger partial charge in [-0.1, -0.05) is 18.2 Å². The molecule has 42 heavy (non-hydrogen) atoms. The van der Waals surface area contributed by atoms with Crippen LogP contribution in [0.4, 0.5) is 0 Å². The zero-order chi connectivity index (χ0) is 30.1. The Morgan fingerprint density at radius 3 is 2.50 bits per heavy atom. The highest BCUT2D eigenvalue weighted by molar-refractivity contribution is 7.15. The summed E-state index contributed by atoms with van der Waals surface area (Å²) in [6.45, 7) is 8.41. The Morgan fingerprint density at radius 2 is 1.76 bits per heavy atom. The van der Waals surface area contributed by atoms with Gasteiger partial charge in [0.05, 0.1) is 37.6 Å². The summed E-state index contributed by atoms with van der Waals surface area (Å²) in [4.78, 5) is 34.1. The molecule has 0 atom stereocenters. The van der Waals surface area contributed by atoms with Crippen LogP contribution in [0, 0.1) is 27.7 Å². The number of hydrogen-bond donors (Lipinski definition) is 0. The van der Waals surface area contributed by atoms with Crippen LogP contribution >= 0.6 is 11.3 Å². The van der Waals surface area contributed by atoms with E-state index in [2.05, 4.69) is 18.2 Å². The van der Waals surface area contributed by atoms with Crippen LogP contribution in [0.15, 0.2) is 52.6 Å². The highest BCUT2D eigenvalue weighted by Crippen LogP contribution is 2.28. The summed E-state index contributed by atoms with van der Waals surface area (Å²) in [6, 6.07) is 13.9. The summed E-state index contributed by atoms with van der Waals surface area (Å²) in [5.41, 5.74) is 7.15. The van der Waals surface area contributed by atoms with Gasteiger partial charge in [-0.3, -0.25) is 14.0 Å². The number of fused-ring (bicyclic) bond motifs is 1. The van der Waals surface area contributed by atoms with Gasteiger partial charge in [0.2, 0.25) is 5.91 Å². The second-order valence-corrected chi connectivity index (χ2v) is 11.4. The Bertz CT molecular complexity index is 1850. The Labute approximate surface area is 249 Å². The van der Waals surface area contributed by atoms with Gasteiger partial charge < -0.3 is 14.4 Å². The number of aromatic nitrogens is 4. The molecule has 5 rings (SSSR count). The molecule has 3 aromatic heterocycles. The highest BCUT2D eigenvalue weighted by atomic mass is 32.1. The number of methoxy groups -OCH3 is 2. The maximum absolute atomic E-state index is 13.9. The van der Waals surface area contributed by atoms with Gasteiger partial charge in [-0.2, -0.15) is 5.10 Å². The first-order chi connectivity index (χ1) is 20.1. The first kappa shape index (κ1) is 29.1. The van der Waals surface area contributed by atoms with Crippen molar-refractivity contribution < 1.29 is 14.3 Å². The van der Waals surface area contributed by atoms with E-state index in [1.165, 1.54) is 11.3 Å². The summed E-state index contributed by atoms with van der Waals surface area (Å²) < 4.78 is 14.1. The number of benzene rings is 2. The molecular formula is C32H35N5O4S. The third kappa shape index (κ3) is 5.54. The lowest BCUT2D eigenvalue weighted by molar-refractivity contribution is -0.129. The molecule has 3 heterocycles. The van der Waals surface area contributed by atoms with Gasteiger partial charge in [-0.05, 0) is 75.1 Å². The van der Waals surface area contributed by atoms with Gasteiger partial charge in [-0.25, -0.2) is 9.67 Å². The smallest absolute Gasteiger partial charge is 0.268 e. The topological polar surface area (TPSA) is 91.0 Å². The van der Waals surface area contributed by atoms with Crippen molar-refractivity contribution >= 4 is 22.2 Å². The van der Waals surface area contributed by atoms with E-state index in [9.17, 15) is 9.59 Å². The van der Waals surface area contributed by atoms with E-state index >= 15 is 0 Å². The van der Waals surface area contributed by atoms with Crippen LogP contribution in [0.5, 0.6) is 11.5 Å². The SMILES string of the molecule is COc1ccc(CCN(C)C(=O)Cc2csc3nc(C)c(-c4cc(C)n(-c5cc(C)ccc5C)n4)c(=O)n23)cc1OC. The number of amides is 1. The van der Waals surface area contributed by atoms with Crippen LogP contribution in [-0.4, -0.2) is 57.8 Å². The average molecular weight is 586 g/mol. The van der Waals surface area contributed by atoms with Crippen molar-refractivity contribution in [3.05, 3.63) is 92.0 Å². The minimum atomic E-state index is -0.222. The van der Waals surface area contributed by atoms with Crippen molar-refractivity contribution in [2.45, 2.75) is 40.5 Å². The van der Waals surface area contributed by atoms with Crippen molar-refractivity contribution in [1.29, 1.82) is 0 Å². The molecule has 0 bridgehead atoms. The minimum Gasteiger partial charge on any atom is -0.493 e. The number of carbonyl (C=O) groups excluding carboxylic acids is 1. The predicted octanol–water partition coefficient (Wildman–Crippen LogP) is 5.10. The number of hydrogen-bond acceptors (Lipinski definition) is 7. The second kappa shape index (κ2) is 11.8. The molecule has 0 aliphatic carbocycles. The van der Waals surface area contributed by atoms with Crippen LogP contribution in [0.3, 0.4) is 0 Å². The highest BCUT2D eigenvalue weighted by Gasteiger charge is 2.21. The molecule has 9 nitrogen and oxygen atoms in total. The standard InChI is InChI=1S/C32H35N5O4S/c1-19-8-9-20(2)26(14-19)37-21(3)15-25(34-37)30-22(4)33-32-36(31(30)39)24(18-42-32)17-29(38)35(5)13-12-23-10-11-27(40-6)28(16-23)41-7/h8-11,14-16,18H,12-13,17H2,1-7H3. The number of thiazole rings is 1. The Balaban J connectivity index is 1.40. The van der Waals surface area contributed by atoms with Gasteiger partial charge in [0.1, 0.15) is 5.69 Å². The number of carbonyl (C=O) groups is 1. The normalized spacial score (nSPS) is 11.2. The third-order valence-corrected chi connectivity index (χ3v) is 8.37. The van der Waals surface area contributed by atoms with Gasteiger partial charge in [0, 0.05) is 30.4 Å². The molecule has 10 heteroatoms. The molecule has 0 aliphatic heterocycles. The van der Waals surface area contributed by atoms with Crippen molar-refractivity contribution in [2.24, 2.45) is 0 Å². The fraction of sp³-hybridized carbons (Fsp3) is 0.312. The molecule has 0 saturated heterocycles. The summed E-state index contributed by atoms with van der Waals surface area (Å²) >= 11 is 1.36. The van der Waals surface area contributed by atoms with Gasteiger partial charge in [-0.15, -0.1) is 11.3 Å². The molecule has 0 aliphatic rings. The van der Waals surface area contributed by atoms with Crippen LogP contribution in [-0.2, 0) is 17.6 Å². The van der Waals surface area contributed by atoms with Crippen LogP contribution in [0.25, 0.3) is 21.9 Å². The van der Waals surface area contributed by atoms with E-state index in [1.807, 2.05) is 62.0 Å². The van der Waals surface area contributed by atoms with Gasteiger partial charge >= 0.3 is 0 Å². The van der Waals surface area contributed by atoms with E-state index in [-0.39, 0.29) is 17.9 Å². The summed E-state index contributed by atoms with van der Waals surface area (Å²) in [5.74, 6) is 1.23. The van der Waals surface area contributed by atoms with Crippen molar-refractivity contribution in [3.63, 3.8) is 0 Å². The maximum atomic E-state index is 13.9. The molecule has 0 saturated carbocycles. The second-order valence-electron chi connectivity index (χ2n) is 10.5. The zero-order valence-electron chi connectivity index (χ0n) is 25.0. The van der Waals surface area contributed by atoms with E-state index in [0.29, 0.717) is 52.1 Å². The lowest BCUT2D eigenvalue weighted by atomic mass is 10.1. The summed E-state index contributed by atoms with van der Waals surface area (Å²) in [6.07, 6.45) is 0.739. The number of ether oxygens (including phenoxy) is 2. The van der Waals surface area contributed by atoms with E-state index in [4.69, 9.17) is 19.6 Å². The van der Waals surface area contributed by atoms with Crippen LogP contribution < -0.4 is 15.0 Å². The largest absolute Gasteiger partial charge is 0.493 e. The Hall–Kier alpha value is -4.44. The molecule has 1 amide bonds. The number of aryl methyl sites for hydroxylation is 4. The van der Waals surface area contributed by atoms with E-state index in [1.54, 1.807) is 30.6 Å². The fourth-order valence-corrected chi connectivity index (χ4v) is 5.99. The fourth-order valence-electron chi connectivity index (χ4n) is 5.06. The molecule has 0 fully saturated rings. The monoisotopic (exact) mass is 585 g/mol. The van der Waals surface area contributed by atoms with Gasteiger partial charge in [0.25, 0.3) is 5.56 Å². The molecule has 0 unspecified atom stereocenters. The lowest BCUT2D eigenvalue weighted by Gasteiger charge is -2.18. The number of rotatable bonds is 9. The Morgan fingerprint density at radius 1 is 1.00 bits per heavy atom. The van der Waals surface area contributed by atoms with Crippen molar-refractivity contribution in [1.82, 2.24) is 24.1 Å². The summed E-state index contributed by atoms with van der Waals surface area (Å²) in [7, 11) is 4.98. The third-order valence-electron chi connectivity index (χ3n) is 7.50. The average Bonchev–Trinajstić information content (AvgIpc) is 3.55. The number of nitrogens with zero attached hydrogens (tertiary/aromatic N) is 5. The molecule has 218 valence electrons. The molecule has 0 spiro atoms. The first-order valence-corrected chi connectivity index (χ1v) is 14.6. The minimum absolute atomic E-state index is 0.0840. The molecule has 2 aromatic carbocycles. The van der Waals surface area contributed by atoms with Crippen LogP contribution in [0.1, 0.15) is 33.8 Å². The van der Waals surface area contributed by atoms with Crippen molar-refractivity contribution in [2.75, 3.05) is 27.8 Å². The predicted molar refractivity (Wildman–Crippen MR) is 165 cm³/mol. The van der Waals surface area contributed by atoms with Gasteiger partial charge in [0.15, 0.2) is 16.5 Å². The number of likely N-dealkylation sites (N-methyl/N-ethyl adjacent to an activating group) is 1. The summed E-state index contributed by atoms with van der Waals surface area (Å²) in [5, 5.41) is 6.68. The first-order valence-electron chi connectivity index (χ1n) is 13.7. The maximum Gasteiger partial charge on any atom is 0.268 e. The van der Waals surface area contributed by atoms with Crippen LogP contribution in [0.2, 0.25) is 0 Å². The quantitative estimate of drug-likeness (QED) is 0.239. The Kier molecular flexibility index (Phi) is 8.17.